The zero-order valence-corrected chi connectivity index (χ0v) is 40.0. The van der Waals surface area contributed by atoms with Gasteiger partial charge in [-0.2, -0.15) is 0 Å². The fraction of sp³-hybridized carbons (Fsp3) is 0.733. The molecule has 0 spiro atoms. The average Bonchev–Trinajstić information content (AvgIpc) is 3.91. The molecule has 0 radical (unpaired) electrons. The summed E-state index contributed by atoms with van der Waals surface area (Å²) in [5, 5.41) is 18.3. The minimum Gasteiger partial charge on any atom is -0.497 e. The van der Waals surface area contributed by atoms with E-state index in [1.165, 1.54) is 25.7 Å². The Balaban J connectivity index is 0. The molecule has 9 nitrogen and oxygen atoms in total. The Bertz CT molecular complexity index is 1100. The lowest BCUT2D eigenvalue weighted by Gasteiger charge is -2.32. The molecule has 0 amide bonds. The normalized spacial score (nSPS) is 19.5. The number of halogens is 1. The predicted octanol–water partition coefficient (Wildman–Crippen LogP) is 11.9. The molecule has 2 N–H and O–H groups in total. The number of unbranched alkanes of at least 4 members (excludes halogenated alkanes) is 2. The van der Waals surface area contributed by atoms with Crippen LogP contribution in [0, 0.1) is 5.92 Å². The van der Waals surface area contributed by atoms with Gasteiger partial charge in [-0.3, -0.25) is 4.39 Å². The first-order valence-electron chi connectivity index (χ1n) is 21.5. The zero-order valence-electron chi connectivity index (χ0n) is 39.0. The van der Waals surface area contributed by atoms with Crippen LogP contribution in [-0.2, 0) is 23.5 Å². The summed E-state index contributed by atoms with van der Waals surface area (Å²) < 4.78 is 53.5. The van der Waals surface area contributed by atoms with E-state index in [1.807, 2.05) is 62.4 Å². The van der Waals surface area contributed by atoms with Crippen molar-refractivity contribution < 1.29 is 48.9 Å². The van der Waals surface area contributed by atoms with E-state index < -0.39 is 15.2 Å². The molecule has 2 aliphatic rings. The molecular formula is C45H84FO9PSi. The van der Waals surface area contributed by atoms with Gasteiger partial charge in [-0.25, -0.2) is 0 Å². The van der Waals surface area contributed by atoms with Crippen LogP contribution in [0.15, 0.2) is 48.5 Å². The van der Waals surface area contributed by atoms with Crippen molar-refractivity contribution in [1.29, 1.82) is 0 Å². The van der Waals surface area contributed by atoms with E-state index in [1.54, 1.807) is 21.3 Å². The molecule has 57 heavy (non-hydrogen) atoms. The monoisotopic (exact) mass is 848 g/mol. The summed E-state index contributed by atoms with van der Waals surface area (Å²) >= 11 is 0. The molecule has 2 heterocycles. The smallest absolute Gasteiger partial charge is 0.184 e. The zero-order chi connectivity index (χ0) is 44.4. The number of hydrogen-bond donors (Lipinski definition) is 2. The second kappa shape index (κ2) is 35.1. The quantitative estimate of drug-likeness (QED) is 0.119. The fourth-order valence-electron chi connectivity index (χ4n) is 4.77. The number of methoxy groups -OCH3 is 2. The highest BCUT2D eigenvalue weighted by atomic mass is 31.1. The molecule has 4 rings (SSSR count). The van der Waals surface area contributed by atoms with Gasteiger partial charge in [-0.15, -0.1) is 0 Å². The number of benzene rings is 2. The predicted molar refractivity (Wildman–Crippen MR) is 241 cm³/mol. The first-order valence-corrected chi connectivity index (χ1v) is 25.4. The average molecular weight is 848 g/mol. The second-order valence-corrected chi connectivity index (χ2v) is 22.7. The van der Waals surface area contributed by atoms with Crippen LogP contribution in [0.5, 0.6) is 11.5 Å². The summed E-state index contributed by atoms with van der Waals surface area (Å²) in [6.07, 6.45) is 9.53. The van der Waals surface area contributed by atoms with Crippen molar-refractivity contribution in [1.82, 2.24) is 0 Å². The largest absolute Gasteiger partial charge is 0.497 e. The fourth-order valence-corrected chi connectivity index (χ4v) is 5.51. The Kier molecular flexibility index (Phi) is 34.1. The minimum atomic E-state index is -1.00. The van der Waals surface area contributed by atoms with Gasteiger partial charge in [0.15, 0.2) is 12.6 Å². The van der Waals surface area contributed by atoms with Crippen LogP contribution in [0.1, 0.15) is 125 Å². The van der Waals surface area contributed by atoms with E-state index in [-0.39, 0.29) is 31.4 Å². The number of hydrogen-bond acceptors (Lipinski definition) is 9. The van der Waals surface area contributed by atoms with Gasteiger partial charge in [0.2, 0.25) is 0 Å². The lowest BCUT2D eigenvalue weighted by atomic mass is 10.1. The van der Waals surface area contributed by atoms with E-state index in [2.05, 4.69) is 54.3 Å². The highest BCUT2D eigenvalue weighted by Gasteiger charge is 2.29. The number of ether oxygens (including phenoxy) is 6. The molecule has 0 aromatic heterocycles. The first kappa shape index (κ1) is 55.3. The summed E-state index contributed by atoms with van der Waals surface area (Å²) in [5.74, 6) is 2.14. The van der Waals surface area contributed by atoms with E-state index in [9.17, 15) is 4.39 Å². The van der Waals surface area contributed by atoms with Gasteiger partial charge in [0.25, 0.3) is 0 Å². The molecule has 12 heteroatoms. The maximum absolute atomic E-state index is 9.96. The molecule has 0 bridgehead atoms. The Hall–Kier alpha value is -1.66. The maximum Gasteiger partial charge on any atom is 0.184 e. The van der Waals surface area contributed by atoms with Gasteiger partial charge in [0.1, 0.15) is 11.5 Å². The van der Waals surface area contributed by atoms with Crippen molar-refractivity contribution in [3.05, 3.63) is 59.7 Å². The number of aliphatic hydroxyl groups excluding tert-OH is 2. The molecule has 0 saturated carbocycles. The molecule has 2 fully saturated rings. The SMILES string of the molecule is CC.CC(C)(C)[Si](C)(C)C.CCCC[C@@H](CO)CPOC.CCCC[C@H]1COC(c2ccc(OC)cc2)O1.COc1ccc(C2OC[C@H](CCCO)O2)cc1.[2H]CF. The van der Waals surface area contributed by atoms with Gasteiger partial charge in [0.05, 0.1) is 48.2 Å². The van der Waals surface area contributed by atoms with Crippen molar-refractivity contribution in [2.24, 2.45) is 5.92 Å². The number of alkyl halides is 1. The van der Waals surface area contributed by atoms with Crippen molar-refractivity contribution in [2.45, 2.75) is 149 Å². The summed E-state index contributed by atoms with van der Waals surface area (Å²) in [4.78, 5) is 0. The Morgan fingerprint density at radius 2 is 1.19 bits per heavy atom. The highest BCUT2D eigenvalue weighted by molar-refractivity contribution is 7.32. The van der Waals surface area contributed by atoms with Crippen molar-refractivity contribution >= 4 is 16.9 Å². The topological polar surface area (TPSA) is 105 Å². The second-order valence-electron chi connectivity index (χ2n) is 15.6. The minimum absolute atomic E-state index is 0.0919. The molecule has 3 unspecified atom stereocenters. The lowest BCUT2D eigenvalue weighted by Crippen LogP contribution is -2.32. The highest BCUT2D eigenvalue weighted by Crippen LogP contribution is 2.35. The first-order chi connectivity index (χ1) is 27.7. The summed E-state index contributed by atoms with van der Waals surface area (Å²) in [7, 11) is 3.72. The molecule has 6 atom stereocenters. The molecule has 2 aromatic carbocycles. The summed E-state index contributed by atoms with van der Waals surface area (Å²) in [5.41, 5.74) is 2.06. The van der Waals surface area contributed by atoms with E-state index >= 15 is 0 Å². The lowest BCUT2D eigenvalue weighted by molar-refractivity contribution is -0.0618. The Labute approximate surface area is 352 Å². The third-order valence-electron chi connectivity index (χ3n) is 9.83. The molecule has 2 aromatic rings. The molecular weight excluding hydrogens is 763 g/mol. The van der Waals surface area contributed by atoms with Crippen LogP contribution in [0.2, 0.25) is 24.7 Å². The third-order valence-corrected chi connectivity index (χ3v) is 15.4. The van der Waals surface area contributed by atoms with Gasteiger partial charge in [-0.1, -0.05) is 118 Å². The van der Waals surface area contributed by atoms with Crippen LogP contribution in [-0.4, -0.2) is 91.6 Å². The van der Waals surface area contributed by atoms with Gasteiger partial charge in [0, 0.05) is 48.3 Å². The summed E-state index contributed by atoms with van der Waals surface area (Å²) in [6.45, 7) is 24.4. The summed E-state index contributed by atoms with van der Waals surface area (Å²) in [6, 6.07) is 15.5. The maximum atomic E-state index is 9.96. The van der Waals surface area contributed by atoms with Crippen molar-refractivity contribution in [2.75, 3.05) is 61.1 Å². The Morgan fingerprint density at radius 3 is 1.51 bits per heavy atom. The molecule has 2 saturated heterocycles. The Morgan fingerprint density at radius 1 is 0.789 bits per heavy atom. The number of aliphatic hydroxyl groups is 2. The molecule has 334 valence electrons. The number of rotatable bonds is 17. The van der Waals surface area contributed by atoms with Gasteiger partial charge >= 0.3 is 0 Å². The molecule has 2 aliphatic heterocycles. The molecule has 0 aliphatic carbocycles. The van der Waals surface area contributed by atoms with Gasteiger partial charge < -0.3 is 43.2 Å². The van der Waals surface area contributed by atoms with Crippen LogP contribution < -0.4 is 9.47 Å². The van der Waals surface area contributed by atoms with Gasteiger partial charge in [-0.05, 0) is 67.1 Å². The third kappa shape index (κ3) is 26.2. The van der Waals surface area contributed by atoms with Crippen LogP contribution in [0.25, 0.3) is 0 Å². The van der Waals surface area contributed by atoms with Crippen molar-refractivity contribution in [3.63, 3.8) is 0 Å². The van der Waals surface area contributed by atoms with E-state index in [4.69, 9.17) is 44.5 Å². The van der Waals surface area contributed by atoms with Crippen LogP contribution >= 0.6 is 8.81 Å². The standard InChI is InChI=1S/C14H20O3.C13H18O4.C8H19O2P.C7H18Si.C2H6.CH3F/c1-3-4-5-13-10-16-14(17-13)11-6-8-12(15-2)9-7-11;1-15-11-6-4-10(5-7-11)13-16-9-12(17-13)3-2-8-14;1-3-4-5-8(6-9)7-11-10-2;1-7(2,3)8(4,5)6;2*1-2/h6-9,13-14H,3-5,10H2,1-2H3;4-7,12-14H,2-3,8-9H2,1H3;8-9,11H,3-7H2,1-2H3;1-6H3;1-2H3;1H3/t13-,14?;12-,13?;8-;;;/m000.../s1/i;;;;;1D. The van der Waals surface area contributed by atoms with Crippen LogP contribution in [0.3, 0.4) is 0 Å². The van der Waals surface area contributed by atoms with E-state index in [0.29, 0.717) is 39.6 Å². The van der Waals surface area contributed by atoms with Crippen molar-refractivity contribution in [3.8, 4) is 11.5 Å². The van der Waals surface area contributed by atoms with Crippen LogP contribution in [0.4, 0.5) is 4.39 Å². The van der Waals surface area contributed by atoms with E-state index in [0.717, 1.165) is 54.5 Å².